The normalized spacial score (nSPS) is 11.0. The van der Waals surface area contributed by atoms with Gasteiger partial charge >= 0.3 is 0 Å². The zero-order valence-corrected chi connectivity index (χ0v) is 14.9. The van der Waals surface area contributed by atoms with E-state index in [1.807, 2.05) is 48.7 Å². The number of rotatable bonds is 7. The zero-order chi connectivity index (χ0) is 18.5. The van der Waals surface area contributed by atoms with Gasteiger partial charge in [0, 0.05) is 42.0 Å². The second-order valence-electron chi connectivity index (χ2n) is 6.44. The average Bonchev–Trinajstić information content (AvgIpc) is 3.35. The third-order valence-electron chi connectivity index (χ3n) is 4.57. The highest BCUT2D eigenvalue weighted by Gasteiger charge is 2.09. The Bertz CT molecular complexity index is 1030. The fraction of sp³-hybridized carbons (Fsp3) is 0.182. The molecule has 0 aliphatic rings. The molecule has 2 aromatic carbocycles. The summed E-state index contributed by atoms with van der Waals surface area (Å²) in [6, 6.07) is 18.0. The van der Waals surface area contributed by atoms with E-state index in [9.17, 15) is 4.79 Å². The van der Waals surface area contributed by atoms with E-state index in [2.05, 4.69) is 27.4 Å². The number of para-hydroxylation sites is 1. The van der Waals surface area contributed by atoms with Crippen LogP contribution in [0.3, 0.4) is 0 Å². The maximum absolute atomic E-state index is 12.1. The number of carbonyl (C=O) groups is 1. The molecular weight excluding hydrogens is 338 g/mol. The molecule has 0 radical (unpaired) electrons. The van der Waals surface area contributed by atoms with Crippen LogP contribution >= 0.6 is 0 Å². The molecule has 27 heavy (non-hydrogen) atoms. The number of carbonyl (C=O) groups excluding carboxylic acids is 1. The number of aromatic nitrogens is 2. The number of oxazole rings is 1. The highest BCUT2D eigenvalue weighted by Crippen LogP contribution is 2.20. The van der Waals surface area contributed by atoms with Crippen molar-refractivity contribution >= 4 is 16.8 Å². The van der Waals surface area contributed by atoms with Crippen molar-refractivity contribution in [3.63, 3.8) is 0 Å². The molecule has 0 saturated heterocycles. The molecule has 5 nitrogen and oxygen atoms in total. The lowest BCUT2D eigenvalue weighted by atomic mass is 10.1. The maximum Gasteiger partial charge on any atom is 0.220 e. The van der Waals surface area contributed by atoms with Gasteiger partial charge in [0.2, 0.25) is 5.91 Å². The molecule has 0 aliphatic carbocycles. The van der Waals surface area contributed by atoms with Gasteiger partial charge in [-0.15, -0.1) is 0 Å². The number of amides is 1. The van der Waals surface area contributed by atoms with Gasteiger partial charge in [-0.3, -0.25) is 4.79 Å². The summed E-state index contributed by atoms with van der Waals surface area (Å²) in [6.45, 7) is 0.613. The lowest BCUT2D eigenvalue weighted by Crippen LogP contribution is -2.25. The van der Waals surface area contributed by atoms with Crippen LogP contribution in [0.2, 0.25) is 0 Å². The van der Waals surface area contributed by atoms with Gasteiger partial charge in [-0.25, -0.2) is 4.98 Å². The molecule has 0 atom stereocenters. The molecule has 2 N–H and O–H groups in total. The third-order valence-corrected chi connectivity index (χ3v) is 4.57. The van der Waals surface area contributed by atoms with Crippen molar-refractivity contribution in [3.05, 3.63) is 78.4 Å². The van der Waals surface area contributed by atoms with Crippen LogP contribution in [0.5, 0.6) is 0 Å². The predicted octanol–water partition coefficient (Wildman–Crippen LogP) is 4.11. The topological polar surface area (TPSA) is 70.9 Å². The Morgan fingerprint density at radius 1 is 1.04 bits per heavy atom. The van der Waals surface area contributed by atoms with Gasteiger partial charge in [0.05, 0.1) is 6.20 Å². The molecule has 0 unspecified atom stereocenters. The molecule has 0 saturated carbocycles. The highest BCUT2D eigenvalue weighted by molar-refractivity contribution is 5.83. The number of aromatic amines is 1. The number of nitrogens with one attached hydrogen (secondary N) is 2. The quantitative estimate of drug-likeness (QED) is 0.521. The Balaban J connectivity index is 1.25. The highest BCUT2D eigenvalue weighted by atomic mass is 16.4. The number of aryl methyl sites for hydroxylation is 1. The van der Waals surface area contributed by atoms with Gasteiger partial charge in [0.25, 0.3) is 0 Å². The van der Waals surface area contributed by atoms with Gasteiger partial charge < -0.3 is 14.7 Å². The Hall–Kier alpha value is -3.34. The van der Waals surface area contributed by atoms with E-state index in [4.69, 9.17) is 4.42 Å². The van der Waals surface area contributed by atoms with Gasteiger partial charge in [0.1, 0.15) is 0 Å². The standard InChI is InChI=1S/C22H21N3O2/c26-21(23-13-12-17-14-24-19-9-5-4-8-18(17)19)10-11-22-25-15-20(27-22)16-6-2-1-3-7-16/h1-9,14-15,24H,10-13H2,(H,23,26). The second-order valence-corrected chi connectivity index (χ2v) is 6.44. The first kappa shape index (κ1) is 17.1. The minimum Gasteiger partial charge on any atom is -0.441 e. The van der Waals surface area contributed by atoms with Crippen molar-refractivity contribution in [1.82, 2.24) is 15.3 Å². The molecule has 0 fully saturated rings. The summed E-state index contributed by atoms with van der Waals surface area (Å²) >= 11 is 0. The largest absolute Gasteiger partial charge is 0.441 e. The van der Waals surface area contributed by atoms with Gasteiger partial charge in [-0.1, -0.05) is 48.5 Å². The first-order valence-electron chi connectivity index (χ1n) is 9.11. The molecule has 4 aromatic rings. The van der Waals surface area contributed by atoms with Crippen LogP contribution in [-0.4, -0.2) is 22.4 Å². The monoisotopic (exact) mass is 359 g/mol. The van der Waals surface area contributed by atoms with Crippen LogP contribution in [0.25, 0.3) is 22.2 Å². The summed E-state index contributed by atoms with van der Waals surface area (Å²) in [5, 5.41) is 4.18. The third kappa shape index (κ3) is 4.08. The van der Waals surface area contributed by atoms with Crippen LogP contribution in [0.15, 0.2) is 71.4 Å². The Kier molecular flexibility index (Phi) is 5.01. The number of hydrogen-bond donors (Lipinski definition) is 2. The van der Waals surface area contributed by atoms with Gasteiger partial charge in [-0.05, 0) is 18.1 Å². The number of nitrogens with zero attached hydrogens (tertiary/aromatic N) is 1. The minimum atomic E-state index is 0.00861. The molecule has 1 amide bonds. The van der Waals surface area contributed by atoms with Crippen molar-refractivity contribution in [2.45, 2.75) is 19.3 Å². The summed E-state index contributed by atoms with van der Waals surface area (Å²) in [5.74, 6) is 1.32. The number of benzene rings is 2. The van der Waals surface area contributed by atoms with E-state index >= 15 is 0 Å². The van der Waals surface area contributed by atoms with E-state index in [0.717, 1.165) is 23.3 Å². The van der Waals surface area contributed by atoms with Crippen LogP contribution in [0.1, 0.15) is 17.9 Å². The van der Waals surface area contributed by atoms with Crippen LogP contribution in [0, 0.1) is 0 Å². The van der Waals surface area contributed by atoms with Gasteiger partial charge in [-0.2, -0.15) is 0 Å². The van der Waals surface area contributed by atoms with Crippen molar-refractivity contribution < 1.29 is 9.21 Å². The molecular formula is C22H21N3O2. The molecule has 0 spiro atoms. The van der Waals surface area contributed by atoms with E-state index in [0.29, 0.717) is 25.3 Å². The summed E-state index contributed by atoms with van der Waals surface area (Å²) in [4.78, 5) is 19.6. The zero-order valence-electron chi connectivity index (χ0n) is 14.9. The molecule has 136 valence electrons. The summed E-state index contributed by atoms with van der Waals surface area (Å²) < 4.78 is 5.74. The van der Waals surface area contributed by atoms with E-state index in [-0.39, 0.29) is 5.91 Å². The van der Waals surface area contributed by atoms with E-state index in [1.165, 1.54) is 10.9 Å². The Labute approximate surface area is 157 Å². The van der Waals surface area contributed by atoms with E-state index in [1.54, 1.807) is 6.20 Å². The Morgan fingerprint density at radius 2 is 1.85 bits per heavy atom. The Morgan fingerprint density at radius 3 is 2.74 bits per heavy atom. The molecule has 5 heteroatoms. The smallest absolute Gasteiger partial charge is 0.220 e. The SMILES string of the molecule is O=C(CCc1ncc(-c2ccccc2)o1)NCCc1c[nH]c2ccccc12. The molecule has 2 aromatic heterocycles. The van der Waals surface area contributed by atoms with Crippen LogP contribution < -0.4 is 5.32 Å². The summed E-state index contributed by atoms with van der Waals surface area (Å²) in [7, 11) is 0. The molecule has 2 heterocycles. The summed E-state index contributed by atoms with van der Waals surface area (Å²) in [5.41, 5.74) is 3.32. The van der Waals surface area contributed by atoms with Crippen LogP contribution in [-0.2, 0) is 17.6 Å². The number of fused-ring (bicyclic) bond motifs is 1. The number of H-pyrrole nitrogens is 1. The predicted molar refractivity (Wildman–Crippen MR) is 105 cm³/mol. The van der Waals surface area contributed by atoms with Crippen molar-refractivity contribution in [2.24, 2.45) is 0 Å². The van der Waals surface area contributed by atoms with E-state index < -0.39 is 0 Å². The molecule has 0 aliphatic heterocycles. The first-order valence-corrected chi connectivity index (χ1v) is 9.11. The molecule has 4 rings (SSSR count). The molecule has 0 bridgehead atoms. The lowest BCUT2D eigenvalue weighted by molar-refractivity contribution is -0.121. The van der Waals surface area contributed by atoms with Crippen molar-refractivity contribution in [2.75, 3.05) is 6.54 Å². The summed E-state index contributed by atoms with van der Waals surface area (Å²) in [6.07, 6.45) is 5.37. The maximum atomic E-state index is 12.1. The second kappa shape index (κ2) is 7.91. The minimum absolute atomic E-state index is 0.00861. The van der Waals surface area contributed by atoms with Gasteiger partial charge in [0.15, 0.2) is 11.7 Å². The van der Waals surface area contributed by atoms with Crippen molar-refractivity contribution in [1.29, 1.82) is 0 Å². The fourth-order valence-electron chi connectivity index (χ4n) is 3.15. The van der Waals surface area contributed by atoms with Crippen molar-refractivity contribution in [3.8, 4) is 11.3 Å². The average molecular weight is 359 g/mol. The van der Waals surface area contributed by atoms with Crippen LogP contribution in [0.4, 0.5) is 0 Å². The fourth-order valence-corrected chi connectivity index (χ4v) is 3.15. The lowest BCUT2D eigenvalue weighted by Gasteiger charge is -2.04. The number of hydrogen-bond acceptors (Lipinski definition) is 3. The first-order chi connectivity index (χ1) is 13.3.